The third kappa shape index (κ3) is 5.17. The van der Waals surface area contributed by atoms with Gasteiger partial charge in [-0.2, -0.15) is 18.3 Å². The van der Waals surface area contributed by atoms with Crippen LogP contribution in [-0.4, -0.2) is 57.2 Å². The van der Waals surface area contributed by atoms with Gasteiger partial charge in [0.1, 0.15) is 5.60 Å². The lowest BCUT2D eigenvalue weighted by Gasteiger charge is -2.33. The molecule has 0 radical (unpaired) electrons. The molecule has 4 rings (SSSR count). The normalized spacial score (nSPS) is 17.2. The number of carbonyl (C=O) groups is 2. The first-order chi connectivity index (χ1) is 16.8. The Morgan fingerprint density at radius 3 is 2.33 bits per heavy atom. The fourth-order valence-corrected chi connectivity index (χ4v) is 4.69. The number of rotatable bonds is 2. The molecule has 2 aliphatic rings. The second kappa shape index (κ2) is 9.36. The SMILES string of the molecule is CC(C)(C)OC(=O)N1CCc2[nH]nc(C(=O)N3CCC(c4ccc(F)c(F)c4C(F)(F)F)CC3)c2C1. The number of aromatic amines is 1. The summed E-state index contributed by atoms with van der Waals surface area (Å²) in [7, 11) is 0. The molecule has 7 nitrogen and oxygen atoms in total. The molecule has 196 valence electrons. The van der Waals surface area contributed by atoms with Crippen molar-refractivity contribution in [3.63, 3.8) is 0 Å². The van der Waals surface area contributed by atoms with Crippen LogP contribution >= 0.6 is 0 Å². The Bertz CT molecular complexity index is 1160. The van der Waals surface area contributed by atoms with Gasteiger partial charge in [0.2, 0.25) is 0 Å². The van der Waals surface area contributed by atoms with Crippen molar-refractivity contribution < 1.29 is 36.3 Å². The van der Waals surface area contributed by atoms with Crippen molar-refractivity contribution in [1.82, 2.24) is 20.0 Å². The number of carbonyl (C=O) groups excluding carboxylic acids is 2. The van der Waals surface area contributed by atoms with Gasteiger partial charge in [-0.25, -0.2) is 13.6 Å². The minimum Gasteiger partial charge on any atom is -0.444 e. The molecule has 2 aromatic rings. The van der Waals surface area contributed by atoms with Crippen LogP contribution in [0.3, 0.4) is 0 Å². The lowest BCUT2D eigenvalue weighted by Crippen LogP contribution is -2.41. The molecule has 0 spiro atoms. The van der Waals surface area contributed by atoms with Gasteiger partial charge in [0.05, 0.1) is 12.1 Å². The van der Waals surface area contributed by atoms with E-state index in [2.05, 4.69) is 10.2 Å². The summed E-state index contributed by atoms with van der Waals surface area (Å²) >= 11 is 0. The molecule has 3 heterocycles. The molecule has 2 aliphatic heterocycles. The molecule has 1 aromatic heterocycles. The van der Waals surface area contributed by atoms with Gasteiger partial charge in [-0.05, 0) is 51.2 Å². The van der Waals surface area contributed by atoms with Gasteiger partial charge in [0.15, 0.2) is 17.3 Å². The van der Waals surface area contributed by atoms with Crippen LogP contribution in [0, 0.1) is 11.6 Å². The molecule has 0 unspecified atom stereocenters. The number of nitrogens with zero attached hydrogens (tertiary/aromatic N) is 3. The maximum atomic E-state index is 14.0. The standard InChI is InChI=1S/C24H27F5N4O3/c1-23(2,3)36-22(35)33-11-8-17-15(12-33)20(31-30-17)21(34)32-9-6-13(7-10-32)14-4-5-16(25)19(26)18(14)24(27,28)29/h4-5,13H,6-12H2,1-3H3,(H,30,31). The first kappa shape index (κ1) is 25.9. The Morgan fingerprint density at radius 2 is 1.72 bits per heavy atom. The highest BCUT2D eigenvalue weighted by Crippen LogP contribution is 2.41. The number of piperidine rings is 1. The zero-order chi connectivity index (χ0) is 26.4. The van der Waals surface area contributed by atoms with E-state index in [1.54, 1.807) is 20.8 Å². The molecular weight excluding hydrogens is 487 g/mol. The minimum atomic E-state index is -5.04. The number of hydrogen-bond acceptors (Lipinski definition) is 4. The zero-order valence-electron chi connectivity index (χ0n) is 20.1. The van der Waals surface area contributed by atoms with Gasteiger partial charge in [-0.1, -0.05) is 6.07 Å². The molecule has 1 aromatic carbocycles. The van der Waals surface area contributed by atoms with Crippen molar-refractivity contribution in [3.05, 3.63) is 51.8 Å². The van der Waals surface area contributed by atoms with E-state index in [4.69, 9.17) is 4.74 Å². The fourth-order valence-electron chi connectivity index (χ4n) is 4.69. The number of aromatic nitrogens is 2. The molecule has 12 heteroatoms. The van der Waals surface area contributed by atoms with Crippen LogP contribution in [-0.2, 0) is 23.9 Å². The summed E-state index contributed by atoms with van der Waals surface area (Å²) in [5.74, 6) is -4.55. The summed E-state index contributed by atoms with van der Waals surface area (Å²) in [5, 5.41) is 7.00. The second-order valence-corrected chi connectivity index (χ2v) is 10.1. The van der Waals surface area contributed by atoms with Crippen molar-refractivity contribution in [2.75, 3.05) is 19.6 Å². The molecule has 2 amide bonds. The fraction of sp³-hybridized carbons (Fsp3) is 0.542. The van der Waals surface area contributed by atoms with E-state index in [-0.39, 0.29) is 43.7 Å². The van der Waals surface area contributed by atoms with Gasteiger partial charge < -0.3 is 14.5 Å². The average Bonchev–Trinajstić information content (AvgIpc) is 3.21. The number of alkyl halides is 3. The number of amides is 2. The molecular formula is C24H27F5N4O3. The average molecular weight is 514 g/mol. The van der Waals surface area contributed by atoms with Crippen LogP contribution in [0.15, 0.2) is 12.1 Å². The quantitative estimate of drug-likeness (QED) is 0.571. The molecule has 0 saturated carbocycles. The highest BCUT2D eigenvalue weighted by molar-refractivity contribution is 5.94. The summed E-state index contributed by atoms with van der Waals surface area (Å²) in [6.07, 6.45) is -4.77. The largest absolute Gasteiger partial charge is 0.444 e. The minimum absolute atomic E-state index is 0.122. The molecule has 0 aliphatic carbocycles. The molecule has 0 bridgehead atoms. The maximum absolute atomic E-state index is 14.0. The lowest BCUT2D eigenvalue weighted by atomic mass is 9.85. The van der Waals surface area contributed by atoms with Crippen LogP contribution in [0.25, 0.3) is 0 Å². The smallest absolute Gasteiger partial charge is 0.419 e. The number of fused-ring (bicyclic) bond motifs is 1. The van der Waals surface area contributed by atoms with Crippen LogP contribution in [0.4, 0.5) is 26.7 Å². The number of halogens is 5. The molecule has 1 N–H and O–H groups in total. The van der Waals surface area contributed by atoms with Crippen molar-refractivity contribution in [3.8, 4) is 0 Å². The van der Waals surface area contributed by atoms with E-state index in [1.165, 1.54) is 9.80 Å². The Kier molecular flexibility index (Phi) is 6.74. The van der Waals surface area contributed by atoms with Gasteiger partial charge in [0, 0.05) is 37.3 Å². The maximum Gasteiger partial charge on any atom is 0.419 e. The van der Waals surface area contributed by atoms with Crippen LogP contribution in [0.5, 0.6) is 0 Å². The molecule has 0 atom stereocenters. The lowest BCUT2D eigenvalue weighted by molar-refractivity contribution is -0.141. The summed E-state index contributed by atoms with van der Waals surface area (Å²) in [5.41, 5.74) is -1.09. The van der Waals surface area contributed by atoms with Gasteiger partial charge in [0.25, 0.3) is 5.91 Å². The highest BCUT2D eigenvalue weighted by atomic mass is 19.4. The van der Waals surface area contributed by atoms with E-state index in [1.807, 2.05) is 0 Å². The number of ether oxygens (including phenoxy) is 1. The van der Waals surface area contributed by atoms with Crippen LogP contribution < -0.4 is 0 Å². The van der Waals surface area contributed by atoms with E-state index in [0.717, 1.165) is 11.8 Å². The summed E-state index contributed by atoms with van der Waals surface area (Å²) in [6.45, 7) is 6.06. The van der Waals surface area contributed by atoms with Gasteiger partial charge >= 0.3 is 12.3 Å². The van der Waals surface area contributed by atoms with E-state index >= 15 is 0 Å². The van der Waals surface area contributed by atoms with Crippen molar-refractivity contribution >= 4 is 12.0 Å². The van der Waals surface area contributed by atoms with Crippen molar-refractivity contribution in [2.45, 2.75) is 64.3 Å². The summed E-state index contributed by atoms with van der Waals surface area (Å²) in [4.78, 5) is 28.7. The van der Waals surface area contributed by atoms with Crippen LogP contribution in [0.1, 0.15) is 72.4 Å². The number of benzene rings is 1. The second-order valence-electron chi connectivity index (χ2n) is 10.1. The van der Waals surface area contributed by atoms with Gasteiger partial charge in [-0.3, -0.25) is 9.89 Å². The Labute approximate surface area is 204 Å². The predicted octanol–water partition coefficient (Wildman–Crippen LogP) is 5.02. The monoisotopic (exact) mass is 514 g/mol. The third-order valence-corrected chi connectivity index (χ3v) is 6.42. The van der Waals surface area contributed by atoms with Crippen molar-refractivity contribution in [1.29, 1.82) is 0 Å². The van der Waals surface area contributed by atoms with E-state index in [9.17, 15) is 31.5 Å². The summed E-state index contributed by atoms with van der Waals surface area (Å²) < 4.78 is 73.3. The van der Waals surface area contributed by atoms with Gasteiger partial charge in [-0.15, -0.1) is 0 Å². The highest BCUT2D eigenvalue weighted by Gasteiger charge is 2.41. The summed E-state index contributed by atoms with van der Waals surface area (Å²) in [6, 6.07) is 1.67. The topological polar surface area (TPSA) is 78.5 Å². The Hall–Kier alpha value is -3.18. The molecule has 1 fully saturated rings. The number of H-pyrrole nitrogens is 1. The molecule has 36 heavy (non-hydrogen) atoms. The number of nitrogens with one attached hydrogen (secondary N) is 1. The van der Waals surface area contributed by atoms with E-state index < -0.39 is 46.9 Å². The number of likely N-dealkylation sites (tertiary alicyclic amines) is 1. The third-order valence-electron chi connectivity index (χ3n) is 6.42. The Balaban J connectivity index is 1.47. The Morgan fingerprint density at radius 1 is 1.06 bits per heavy atom. The first-order valence-corrected chi connectivity index (χ1v) is 11.6. The van der Waals surface area contributed by atoms with Crippen molar-refractivity contribution in [2.24, 2.45) is 0 Å². The zero-order valence-corrected chi connectivity index (χ0v) is 20.1. The number of hydrogen-bond donors (Lipinski definition) is 1. The van der Waals surface area contributed by atoms with E-state index in [0.29, 0.717) is 24.6 Å². The van der Waals surface area contributed by atoms with Crippen LogP contribution in [0.2, 0.25) is 0 Å². The first-order valence-electron chi connectivity index (χ1n) is 11.6. The molecule has 1 saturated heterocycles. The predicted molar refractivity (Wildman–Crippen MR) is 118 cm³/mol.